The van der Waals surface area contributed by atoms with Crippen molar-refractivity contribution in [2.24, 2.45) is 0 Å². The van der Waals surface area contributed by atoms with Crippen LogP contribution in [0.5, 0.6) is 11.5 Å². The van der Waals surface area contributed by atoms with Crippen LogP contribution in [0.15, 0.2) is 64.6 Å². The van der Waals surface area contributed by atoms with Gasteiger partial charge in [-0.2, -0.15) is 0 Å². The number of barbiturate groups is 1. The number of non-ortho nitro benzene ring substituents is 1. The van der Waals surface area contributed by atoms with Crippen molar-refractivity contribution in [1.82, 2.24) is 5.32 Å². The molecule has 1 aliphatic heterocycles. The summed E-state index contributed by atoms with van der Waals surface area (Å²) < 4.78 is 16.3. The van der Waals surface area contributed by atoms with Gasteiger partial charge in [0.15, 0.2) is 0 Å². The number of nitrogens with zero attached hydrogens (tertiary/aromatic N) is 2. The predicted octanol–water partition coefficient (Wildman–Crippen LogP) is 3.93. The van der Waals surface area contributed by atoms with Crippen molar-refractivity contribution in [3.63, 3.8) is 0 Å². The van der Waals surface area contributed by atoms with Gasteiger partial charge in [0.2, 0.25) is 0 Å². The summed E-state index contributed by atoms with van der Waals surface area (Å²) in [5.41, 5.74) is 0.233. The highest BCUT2D eigenvalue weighted by atomic mass is 16.6. The van der Waals surface area contributed by atoms with Gasteiger partial charge in [-0.15, -0.1) is 0 Å². The summed E-state index contributed by atoms with van der Waals surface area (Å²) in [6.45, 7) is 2.29. The van der Waals surface area contributed by atoms with E-state index in [4.69, 9.17) is 13.9 Å². The molecule has 11 heteroatoms. The van der Waals surface area contributed by atoms with Crippen LogP contribution in [-0.4, -0.2) is 36.5 Å². The standard InChI is InChI=1S/C24H19N3O8/c1-3-34-16-7-4-14(5-8-16)26-23(29)19(22(28)25-24(26)30)13-17-9-11-20(35-17)18-10-6-15(27(31)32)12-21(18)33-2/h4-13H,3H2,1-2H3,(H,25,28,30)/b19-13+. The summed E-state index contributed by atoms with van der Waals surface area (Å²) in [5.74, 6) is -0.460. The molecule has 35 heavy (non-hydrogen) atoms. The van der Waals surface area contributed by atoms with E-state index in [1.165, 1.54) is 49.6 Å². The lowest BCUT2D eigenvalue weighted by Gasteiger charge is -2.26. The summed E-state index contributed by atoms with van der Waals surface area (Å²) in [6.07, 6.45) is 1.22. The van der Waals surface area contributed by atoms with Gasteiger partial charge in [-0.1, -0.05) is 0 Å². The Labute approximate surface area is 198 Å². The number of anilines is 1. The molecule has 0 saturated carbocycles. The second-order valence-corrected chi connectivity index (χ2v) is 7.23. The Morgan fingerprint density at radius 3 is 2.49 bits per heavy atom. The van der Waals surface area contributed by atoms with Gasteiger partial charge in [0, 0.05) is 6.07 Å². The van der Waals surface area contributed by atoms with E-state index in [9.17, 15) is 24.5 Å². The summed E-state index contributed by atoms with van der Waals surface area (Å²) in [5, 5.41) is 13.2. The first-order valence-corrected chi connectivity index (χ1v) is 10.4. The van der Waals surface area contributed by atoms with Crippen LogP contribution in [-0.2, 0) is 9.59 Å². The van der Waals surface area contributed by atoms with Gasteiger partial charge in [0.05, 0.1) is 36.0 Å². The van der Waals surface area contributed by atoms with Crippen molar-refractivity contribution in [1.29, 1.82) is 0 Å². The summed E-state index contributed by atoms with van der Waals surface area (Å²) in [4.78, 5) is 49.2. The number of amides is 4. The number of ether oxygens (including phenoxy) is 2. The minimum absolute atomic E-state index is 0.150. The van der Waals surface area contributed by atoms with Gasteiger partial charge >= 0.3 is 6.03 Å². The van der Waals surface area contributed by atoms with E-state index in [2.05, 4.69) is 5.32 Å². The maximum atomic E-state index is 13.1. The molecule has 1 aromatic heterocycles. The minimum atomic E-state index is -0.878. The Bertz CT molecular complexity index is 1360. The van der Waals surface area contributed by atoms with Gasteiger partial charge in [0.25, 0.3) is 17.5 Å². The number of nitro benzene ring substituents is 1. The van der Waals surface area contributed by atoms with Crippen LogP contribution in [0, 0.1) is 10.1 Å². The molecule has 2 aromatic carbocycles. The molecule has 4 rings (SSSR count). The summed E-state index contributed by atoms with van der Waals surface area (Å²) >= 11 is 0. The van der Waals surface area contributed by atoms with Gasteiger partial charge < -0.3 is 13.9 Å². The quantitative estimate of drug-likeness (QED) is 0.234. The lowest BCUT2D eigenvalue weighted by atomic mass is 10.1. The topological polar surface area (TPSA) is 141 Å². The zero-order valence-corrected chi connectivity index (χ0v) is 18.6. The summed E-state index contributed by atoms with van der Waals surface area (Å²) in [6, 6.07) is 12.5. The van der Waals surface area contributed by atoms with Crippen molar-refractivity contribution in [3.05, 3.63) is 76.0 Å². The number of urea groups is 1. The van der Waals surface area contributed by atoms with E-state index >= 15 is 0 Å². The van der Waals surface area contributed by atoms with E-state index in [-0.39, 0.29) is 28.5 Å². The molecule has 11 nitrogen and oxygen atoms in total. The molecule has 1 aliphatic rings. The highest BCUT2D eigenvalue weighted by Gasteiger charge is 2.37. The molecule has 0 aliphatic carbocycles. The van der Waals surface area contributed by atoms with E-state index in [0.29, 0.717) is 23.7 Å². The predicted molar refractivity (Wildman–Crippen MR) is 124 cm³/mol. The van der Waals surface area contributed by atoms with E-state index in [1.807, 2.05) is 6.92 Å². The second-order valence-electron chi connectivity index (χ2n) is 7.23. The maximum absolute atomic E-state index is 13.1. The highest BCUT2D eigenvalue weighted by molar-refractivity contribution is 6.39. The molecule has 178 valence electrons. The van der Waals surface area contributed by atoms with Crippen LogP contribution >= 0.6 is 0 Å². The second kappa shape index (κ2) is 9.51. The Kier molecular flexibility index (Phi) is 6.32. The maximum Gasteiger partial charge on any atom is 0.335 e. The highest BCUT2D eigenvalue weighted by Crippen LogP contribution is 2.35. The number of nitrogens with one attached hydrogen (secondary N) is 1. The smallest absolute Gasteiger partial charge is 0.335 e. The monoisotopic (exact) mass is 477 g/mol. The molecule has 0 atom stereocenters. The molecule has 1 saturated heterocycles. The molecule has 0 radical (unpaired) electrons. The van der Waals surface area contributed by atoms with Crippen LogP contribution < -0.4 is 19.7 Å². The average Bonchev–Trinajstić information content (AvgIpc) is 3.31. The van der Waals surface area contributed by atoms with Crippen LogP contribution in [0.3, 0.4) is 0 Å². The Morgan fingerprint density at radius 1 is 1.09 bits per heavy atom. The zero-order chi connectivity index (χ0) is 25.1. The third-order valence-corrected chi connectivity index (χ3v) is 5.08. The third-order valence-electron chi connectivity index (χ3n) is 5.08. The first kappa shape index (κ1) is 23.2. The molecule has 1 N–H and O–H groups in total. The molecule has 1 fully saturated rings. The van der Waals surface area contributed by atoms with Crippen LogP contribution in [0.1, 0.15) is 12.7 Å². The Hall–Kier alpha value is -4.93. The number of hydrogen-bond acceptors (Lipinski definition) is 8. The van der Waals surface area contributed by atoms with Crippen LogP contribution in [0.2, 0.25) is 0 Å². The molecule has 0 spiro atoms. The molecule has 4 amide bonds. The number of nitro groups is 1. The van der Waals surface area contributed by atoms with Crippen LogP contribution in [0.25, 0.3) is 17.4 Å². The average molecular weight is 477 g/mol. The number of hydrogen-bond donors (Lipinski definition) is 1. The van der Waals surface area contributed by atoms with Crippen molar-refractivity contribution in [2.75, 3.05) is 18.6 Å². The number of carbonyl (C=O) groups excluding carboxylic acids is 3. The SMILES string of the molecule is CCOc1ccc(N2C(=O)NC(=O)/C(=C\c3ccc(-c4ccc([N+](=O)[O-])cc4OC)o3)C2=O)cc1. The minimum Gasteiger partial charge on any atom is -0.496 e. The molecule has 0 bridgehead atoms. The summed E-state index contributed by atoms with van der Waals surface area (Å²) in [7, 11) is 1.37. The van der Waals surface area contributed by atoms with Crippen molar-refractivity contribution in [2.45, 2.75) is 6.92 Å². The number of rotatable bonds is 7. The third kappa shape index (κ3) is 4.60. The lowest BCUT2D eigenvalue weighted by Crippen LogP contribution is -2.54. The molecule has 0 unspecified atom stereocenters. The fraction of sp³-hybridized carbons (Fsp3) is 0.125. The van der Waals surface area contributed by atoms with Gasteiger partial charge in [0.1, 0.15) is 28.6 Å². The molecular formula is C24H19N3O8. The Morgan fingerprint density at radius 2 is 1.83 bits per heavy atom. The number of imide groups is 2. The molecular weight excluding hydrogens is 458 g/mol. The van der Waals surface area contributed by atoms with Crippen molar-refractivity contribution < 1.29 is 33.2 Å². The van der Waals surface area contributed by atoms with E-state index in [1.54, 1.807) is 18.2 Å². The van der Waals surface area contributed by atoms with Crippen molar-refractivity contribution in [3.8, 4) is 22.8 Å². The number of furan rings is 1. The largest absolute Gasteiger partial charge is 0.496 e. The van der Waals surface area contributed by atoms with E-state index in [0.717, 1.165) is 4.90 Å². The fourth-order valence-corrected chi connectivity index (χ4v) is 3.46. The van der Waals surface area contributed by atoms with Gasteiger partial charge in [-0.25, -0.2) is 9.69 Å². The number of methoxy groups -OCH3 is 1. The fourth-order valence-electron chi connectivity index (χ4n) is 3.46. The number of benzene rings is 2. The zero-order valence-electron chi connectivity index (χ0n) is 18.6. The van der Waals surface area contributed by atoms with Gasteiger partial charge in [-0.3, -0.25) is 25.0 Å². The number of carbonyl (C=O) groups is 3. The first-order valence-electron chi connectivity index (χ1n) is 10.4. The molecule has 2 heterocycles. The molecule has 3 aromatic rings. The van der Waals surface area contributed by atoms with Crippen molar-refractivity contribution >= 4 is 35.3 Å². The van der Waals surface area contributed by atoms with Gasteiger partial charge in [-0.05, 0) is 55.5 Å². The van der Waals surface area contributed by atoms with E-state index < -0.39 is 22.8 Å². The lowest BCUT2D eigenvalue weighted by molar-refractivity contribution is -0.384. The van der Waals surface area contributed by atoms with Crippen LogP contribution in [0.4, 0.5) is 16.2 Å². The first-order chi connectivity index (χ1) is 16.8. The normalized spacial score (nSPS) is 14.7. The Balaban J connectivity index is 1.64.